The Morgan fingerprint density at radius 2 is 2.03 bits per heavy atom. The first-order valence-electron chi connectivity index (χ1n) is 10.2. The Kier molecular flexibility index (Phi) is 6.36. The molecule has 0 amide bonds. The average Bonchev–Trinajstić information content (AvgIpc) is 3.23. The molecule has 1 atom stereocenters. The summed E-state index contributed by atoms with van der Waals surface area (Å²) in [7, 11) is 0. The van der Waals surface area contributed by atoms with Gasteiger partial charge in [-0.25, -0.2) is 0 Å². The zero-order valence-corrected chi connectivity index (χ0v) is 17.9. The maximum Gasteiger partial charge on any atom is 0.416 e. The van der Waals surface area contributed by atoms with Crippen LogP contribution in [0.2, 0.25) is 5.02 Å². The van der Waals surface area contributed by atoms with E-state index in [9.17, 15) is 27.9 Å². The van der Waals surface area contributed by atoms with Crippen LogP contribution in [-0.2, 0) is 11.0 Å². The van der Waals surface area contributed by atoms with E-state index in [1.807, 2.05) is 0 Å². The van der Waals surface area contributed by atoms with Crippen molar-refractivity contribution in [1.29, 1.82) is 0 Å². The fourth-order valence-electron chi connectivity index (χ4n) is 3.94. The van der Waals surface area contributed by atoms with E-state index < -0.39 is 29.2 Å². The largest absolute Gasteiger partial charge is 0.491 e. The molecule has 174 valence electrons. The number of nitrogens with zero attached hydrogens (tertiary/aromatic N) is 1. The molecule has 1 aliphatic heterocycles. The number of para-hydroxylation sites is 1. The van der Waals surface area contributed by atoms with Crippen molar-refractivity contribution < 1.29 is 32.2 Å². The standard InChI is InChI=1S/C23H19ClF3NO5/c24-16-4-1-3-14-18(29)12-20(33-21(14)16)15-7-6-13(23(25,26)27)11-19(15)32-10-9-28-8-2-5-17(28)22(30)31/h1,3-4,6-7,11-12,17H,2,5,8-10H2,(H,30,31). The third-order valence-electron chi connectivity index (χ3n) is 5.57. The summed E-state index contributed by atoms with van der Waals surface area (Å²) < 4.78 is 51.4. The number of ether oxygens (including phenoxy) is 1. The number of hydrogen-bond acceptors (Lipinski definition) is 5. The van der Waals surface area contributed by atoms with E-state index in [-0.39, 0.29) is 46.2 Å². The number of likely N-dealkylation sites (tertiary alicyclic amines) is 1. The number of aliphatic carboxylic acids is 1. The molecule has 4 rings (SSSR count). The Bertz CT molecular complexity index is 1260. The monoisotopic (exact) mass is 481 g/mol. The van der Waals surface area contributed by atoms with Crippen molar-refractivity contribution in [2.45, 2.75) is 25.1 Å². The van der Waals surface area contributed by atoms with Gasteiger partial charge in [0.1, 0.15) is 24.2 Å². The molecule has 1 aromatic heterocycles. The van der Waals surface area contributed by atoms with Crippen molar-refractivity contribution >= 4 is 28.5 Å². The van der Waals surface area contributed by atoms with E-state index in [1.54, 1.807) is 11.0 Å². The highest BCUT2D eigenvalue weighted by molar-refractivity contribution is 6.34. The molecule has 1 saturated heterocycles. The van der Waals surface area contributed by atoms with Crippen LogP contribution in [-0.4, -0.2) is 41.7 Å². The number of halogens is 4. The SMILES string of the molecule is O=C(O)C1CCCN1CCOc1cc(C(F)(F)F)ccc1-c1cc(=O)c2cccc(Cl)c2o1. The van der Waals surface area contributed by atoms with Gasteiger partial charge in [0.25, 0.3) is 0 Å². The Labute approximate surface area is 191 Å². The van der Waals surface area contributed by atoms with Crippen LogP contribution >= 0.6 is 11.6 Å². The fourth-order valence-corrected chi connectivity index (χ4v) is 4.16. The molecule has 1 fully saturated rings. The number of carboxylic acids is 1. The minimum Gasteiger partial charge on any atom is -0.491 e. The highest BCUT2D eigenvalue weighted by Gasteiger charge is 2.32. The first kappa shape index (κ1) is 23.1. The van der Waals surface area contributed by atoms with Crippen LogP contribution in [0.5, 0.6) is 5.75 Å². The maximum atomic E-state index is 13.3. The van der Waals surface area contributed by atoms with Crippen LogP contribution in [0.25, 0.3) is 22.3 Å². The lowest BCUT2D eigenvalue weighted by molar-refractivity contribution is -0.142. The van der Waals surface area contributed by atoms with Crippen molar-refractivity contribution in [2.75, 3.05) is 19.7 Å². The van der Waals surface area contributed by atoms with Crippen molar-refractivity contribution in [3.8, 4) is 17.1 Å². The van der Waals surface area contributed by atoms with Gasteiger partial charge in [0.2, 0.25) is 0 Å². The van der Waals surface area contributed by atoms with Crippen molar-refractivity contribution in [2.24, 2.45) is 0 Å². The van der Waals surface area contributed by atoms with Gasteiger partial charge < -0.3 is 14.3 Å². The van der Waals surface area contributed by atoms with Crippen LogP contribution in [0.3, 0.4) is 0 Å². The second-order valence-electron chi connectivity index (χ2n) is 7.68. The molecule has 2 heterocycles. The van der Waals surface area contributed by atoms with Gasteiger partial charge in [-0.2, -0.15) is 13.2 Å². The molecule has 0 bridgehead atoms. The molecule has 0 aliphatic carbocycles. The van der Waals surface area contributed by atoms with Gasteiger partial charge in [0, 0.05) is 12.6 Å². The van der Waals surface area contributed by atoms with Crippen LogP contribution in [0, 0.1) is 0 Å². The Morgan fingerprint density at radius 1 is 1.24 bits per heavy atom. The predicted octanol–water partition coefficient (Wildman–Crippen LogP) is 5.06. The summed E-state index contributed by atoms with van der Waals surface area (Å²) in [6.07, 6.45) is -3.38. The average molecular weight is 482 g/mol. The Morgan fingerprint density at radius 3 is 2.76 bits per heavy atom. The van der Waals surface area contributed by atoms with Crippen LogP contribution < -0.4 is 10.2 Å². The number of carbonyl (C=O) groups is 1. The molecule has 1 unspecified atom stereocenters. The quantitative estimate of drug-likeness (QED) is 0.530. The highest BCUT2D eigenvalue weighted by atomic mass is 35.5. The van der Waals surface area contributed by atoms with E-state index in [2.05, 4.69) is 0 Å². The van der Waals surface area contributed by atoms with Gasteiger partial charge in [0.15, 0.2) is 11.0 Å². The smallest absolute Gasteiger partial charge is 0.416 e. The summed E-state index contributed by atoms with van der Waals surface area (Å²) >= 11 is 6.14. The van der Waals surface area contributed by atoms with Crippen LogP contribution in [0.15, 0.2) is 51.7 Å². The molecular formula is C23H19ClF3NO5. The van der Waals surface area contributed by atoms with E-state index >= 15 is 0 Å². The van der Waals surface area contributed by atoms with Gasteiger partial charge in [0.05, 0.1) is 21.5 Å². The number of hydrogen-bond donors (Lipinski definition) is 1. The minimum absolute atomic E-state index is 0.00825. The summed E-state index contributed by atoms with van der Waals surface area (Å²) in [5.41, 5.74) is -1.06. The molecule has 6 nitrogen and oxygen atoms in total. The summed E-state index contributed by atoms with van der Waals surface area (Å²) in [5, 5.41) is 9.73. The number of benzene rings is 2. The van der Waals surface area contributed by atoms with Gasteiger partial charge in [-0.15, -0.1) is 0 Å². The molecule has 33 heavy (non-hydrogen) atoms. The minimum atomic E-state index is -4.60. The van der Waals surface area contributed by atoms with E-state index in [1.165, 1.54) is 24.3 Å². The van der Waals surface area contributed by atoms with Crippen molar-refractivity contribution in [1.82, 2.24) is 4.90 Å². The predicted molar refractivity (Wildman–Crippen MR) is 116 cm³/mol. The Hall–Kier alpha value is -3.04. The zero-order valence-electron chi connectivity index (χ0n) is 17.2. The third-order valence-corrected chi connectivity index (χ3v) is 5.86. The van der Waals surface area contributed by atoms with Gasteiger partial charge >= 0.3 is 12.1 Å². The normalized spacial score (nSPS) is 16.9. The molecule has 0 radical (unpaired) electrons. The highest BCUT2D eigenvalue weighted by Crippen LogP contribution is 2.38. The first-order valence-corrected chi connectivity index (χ1v) is 10.6. The topological polar surface area (TPSA) is 80.0 Å². The molecule has 10 heteroatoms. The zero-order chi connectivity index (χ0) is 23.8. The first-order chi connectivity index (χ1) is 15.6. The van der Waals surface area contributed by atoms with E-state index in [0.717, 1.165) is 18.6 Å². The fraction of sp³-hybridized carbons (Fsp3) is 0.304. The molecule has 1 aliphatic rings. The molecule has 2 aromatic carbocycles. The van der Waals surface area contributed by atoms with Crippen molar-refractivity contribution in [3.05, 3.63) is 63.3 Å². The number of fused-ring (bicyclic) bond motifs is 1. The number of alkyl halides is 3. The van der Waals surface area contributed by atoms with Crippen molar-refractivity contribution in [3.63, 3.8) is 0 Å². The lowest BCUT2D eigenvalue weighted by atomic mass is 10.1. The summed E-state index contributed by atoms with van der Waals surface area (Å²) in [5.74, 6) is -1.07. The number of carboxylic acid groups (broad SMARTS) is 1. The lowest BCUT2D eigenvalue weighted by Crippen LogP contribution is -2.38. The summed E-state index contributed by atoms with van der Waals surface area (Å²) in [6.45, 7) is 0.741. The van der Waals surface area contributed by atoms with Gasteiger partial charge in [-0.3, -0.25) is 14.5 Å². The van der Waals surface area contributed by atoms with E-state index in [0.29, 0.717) is 13.0 Å². The molecule has 0 spiro atoms. The summed E-state index contributed by atoms with van der Waals surface area (Å²) in [4.78, 5) is 25.6. The van der Waals surface area contributed by atoms with E-state index in [4.69, 9.17) is 20.8 Å². The lowest BCUT2D eigenvalue weighted by Gasteiger charge is -2.21. The number of rotatable bonds is 6. The maximum absolute atomic E-state index is 13.3. The Balaban J connectivity index is 1.68. The van der Waals surface area contributed by atoms with Crippen LogP contribution in [0.1, 0.15) is 18.4 Å². The molecule has 3 aromatic rings. The van der Waals surface area contributed by atoms with Crippen LogP contribution in [0.4, 0.5) is 13.2 Å². The van der Waals surface area contributed by atoms with Gasteiger partial charge in [-0.1, -0.05) is 17.7 Å². The molecule has 0 saturated carbocycles. The summed E-state index contributed by atoms with van der Waals surface area (Å²) in [6, 6.07) is 8.09. The second kappa shape index (κ2) is 9.07. The van der Waals surface area contributed by atoms with Gasteiger partial charge in [-0.05, 0) is 49.7 Å². The third kappa shape index (κ3) is 4.84. The molecular weight excluding hydrogens is 463 g/mol. The second-order valence-corrected chi connectivity index (χ2v) is 8.09. The molecule has 1 N–H and O–H groups in total.